The fraction of sp³-hybridized carbons (Fsp3) is 0.769. The first-order valence-corrected chi connectivity index (χ1v) is 6.84. The summed E-state index contributed by atoms with van der Waals surface area (Å²) in [6, 6.07) is -0.223. The van der Waals surface area contributed by atoms with E-state index in [2.05, 4.69) is 5.10 Å². The van der Waals surface area contributed by atoms with E-state index < -0.39 is 12.1 Å². The lowest BCUT2D eigenvalue weighted by molar-refractivity contribution is -0.186. The minimum absolute atomic E-state index is 0.0714. The lowest BCUT2D eigenvalue weighted by Gasteiger charge is -2.39. The fourth-order valence-electron chi connectivity index (χ4n) is 2.94. The molecule has 0 amide bonds. The highest BCUT2D eigenvalue weighted by atomic mass is 19.4. The molecule has 1 fully saturated rings. The largest absolute Gasteiger partial charge is 0.391 e. The molecule has 114 valence electrons. The van der Waals surface area contributed by atoms with Crippen LogP contribution in [0.25, 0.3) is 0 Å². The van der Waals surface area contributed by atoms with Crippen molar-refractivity contribution >= 4 is 0 Å². The van der Waals surface area contributed by atoms with Crippen molar-refractivity contribution in [2.75, 3.05) is 13.1 Å². The summed E-state index contributed by atoms with van der Waals surface area (Å²) in [5, 5.41) is 4.12. The molecule has 7 heteroatoms. The predicted molar refractivity (Wildman–Crippen MR) is 70.0 cm³/mol. The topological polar surface area (TPSA) is 47.1 Å². The lowest BCUT2D eigenvalue weighted by Crippen LogP contribution is -2.45. The third-order valence-corrected chi connectivity index (χ3v) is 3.95. The van der Waals surface area contributed by atoms with Gasteiger partial charge in [0.05, 0.1) is 18.2 Å². The zero-order valence-electron chi connectivity index (χ0n) is 11.8. The summed E-state index contributed by atoms with van der Waals surface area (Å²) >= 11 is 0. The number of aryl methyl sites for hydroxylation is 1. The molecular weight excluding hydrogens is 269 g/mol. The van der Waals surface area contributed by atoms with Crippen molar-refractivity contribution in [3.63, 3.8) is 0 Å². The van der Waals surface area contributed by atoms with E-state index in [0.717, 1.165) is 5.56 Å². The zero-order chi connectivity index (χ0) is 14.9. The van der Waals surface area contributed by atoms with Crippen LogP contribution in [0.4, 0.5) is 13.2 Å². The molecule has 2 rings (SSSR count). The molecule has 1 aromatic heterocycles. The van der Waals surface area contributed by atoms with Gasteiger partial charge in [0.25, 0.3) is 0 Å². The summed E-state index contributed by atoms with van der Waals surface area (Å²) in [5.41, 5.74) is 6.99. The Bertz CT molecular complexity index is 433. The standard InChI is InChI=1S/C13H21F3N4/c1-9(17)12(10-7-18-19(2)8-10)20-5-3-11(4-6-20)13(14,15)16/h7-9,11-12H,3-6,17H2,1-2H3. The van der Waals surface area contributed by atoms with Crippen LogP contribution in [0.2, 0.25) is 0 Å². The highest BCUT2D eigenvalue weighted by Crippen LogP contribution is 2.36. The minimum atomic E-state index is -4.08. The highest BCUT2D eigenvalue weighted by Gasteiger charge is 2.42. The molecule has 0 bridgehead atoms. The third-order valence-electron chi connectivity index (χ3n) is 3.95. The molecule has 1 aliphatic rings. The number of piperidine rings is 1. The molecule has 20 heavy (non-hydrogen) atoms. The van der Waals surface area contributed by atoms with Gasteiger partial charge in [-0.3, -0.25) is 9.58 Å². The van der Waals surface area contributed by atoms with Gasteiger partial charge in [-0.15, -0.1) is 0 Å². The summed E-state index contributed by atoms with van der Waals surface area (Å²) in [4.78, 5) is 2.05. The Morgan fingerprint density at radius 2 is 1.95 bits per heavy atom. The van der Waals surface area contributed by atoms with Gasteiger partial charge in [-0.2, -0.15) is 18.3 Å². The van der Waals surface area contributed by atoms with Crippen LogP contribution in [0.1, 0.15) is 31.4 Å². The van der Waals surface area contributed by atoms with Gasteiger partial charge in [-0.25, -0.2) is 0 Å². The molecule has 2 heterocycles. The maximum atomic E-state index is 12.7. The van der Waals surface area contributed by atoms with E-state index in [0.29, 0.717) is 13.1 Å². The van der Waals surface area contributed by atoms with Crippen LogP contribution in [0.5, 0.6) is 0 Å². The number of nitrogens with two attached hydrogens (primary N) is 1. The Morgan fingerprint density at radius 1 is 1.35 bits per heavy atom. The zero-order valence-corrected chi connectivity index (χ0v) is 11.8. The smallest absolute Gasteiger partial charge is 0.326 e. The van der Waals surface area contributed by atoms with Crippen LogP contribution in [-0.2, 0) is 7.05 Å². The quantitative estimate of drug-likeness (QED) is 0.927. The van der Waals surface area contributed by atoms with Crippen LogP contribution >= 0.6 is 0 Å². The summed E-state index contributed by atoms with van der Waals surface area (Å²) < 4.78 is 39.8. The molecule has 0 aromatic carbocycles. The molecule has 0 saturated carbocycles. The molecule has 2 unspecified atom stereocenters. The Hall–Kier alpha value is -1.08. The fourth-order valence-corrected chi connectivity index (χ4v) is 2.94. The van der Waals surface area contributed by atoms with E-state index in [9.17, 15) is 13.2 Å². The number of aromatic nitrogens is 2. The van der Waals surface area contributed by atoms with Gasteiger partial charge < -0.3 is 5.73 Å². The molecule has 2 atom stereocenters. The number of likely N-dealkylation sites (tertiary alicyclic amines) is 1. The number of halogens is 3. The Balaban J connectivity index is 2.06. The number of hydrogen-bond acceptors (Lipinski definition) is 3. The molecule has 1 aromatic rings. The summed E-state index contributed by atoms with van der Waals surface area (Å²) in [5.74, 6) is -1.18. The van der Waals surface area contributed by atoms with E-state index in [4.69, 9.17) is 5.73 Å². The second-order valence-electron chi connectivity index (χ2n) is 5.60. The Labute approximate surface area is 116 Å². The first-order valence-electron chi connectivity index (χ1n) is 6.84. The van der Waals surface area contributed by atoms with Gasteiger partial charge in [-0.1, -0.05) is 0 Å². The van der Waals surface area contributed by atoms with E-state index in [1.807, 2.05) is 25.1 Å². The highest BCUT2D eigenvalue weighted by molar-refractivity contribution is 5.13. The SMILES string of the molecule is CC(N)C(c1cnn(C)c1)N1CCC(C(F)(F)F)CC1. The minimum Gasteiger partial charge on any atom is -0.326 e. The van der Waals surface area contributed by atoms with Crippen LogP contribution in [0.3, 0.4) is 0 Å². The maximum Gasteiger partial charge on any atom is 0.391 e. The van der Waals surface area contributed by atoms with Gasteiger partial charge in [0, 0.05) is 24.8 Å². The van der Waals surface area contributed by atoms with Gasteiger partial charge >= 0.3 is 6.18 Å². The number of rotatable bonds is 3. The van der Waals surface area contributed by atoms with Crippen molar-refractivity contribution in [2.45, 2.75) is 38.0 Å². The van der Waals surface area contributed by atoms with Gasteiger partial charge in [0.15, 0.2) is 0 Å². The predicted octanol–water partition coefficient (Wildman–Crippen LogP) is 2.08. The molecule has 0 spiro atoms. The van der Waals surface area contributed by atoms with Crippen molar-refractivity contribution in [1.29, 1.82) is 0 Å². The Morgan fingerprint density at radius 3 is 2.35 bits per heavy atom. The van der Waals surface area contributed by atoms with Crippen molar-refractivity contribution in [3.05, 3.63) is 18.0 Å². The van der Waals surface area contributed by atoms with Crippen LogP contribution < -0.4 is 5.73 Å². The molecule has 2 N–H and O–H groups in total. The second-order valence-corrected chi connectivity index (χ2v) is 5.60. The third kappa shape index (κ3) is 3.32. The average molecular weight is 290 g/mol. The van der Waals surface area contributed by atoms with E-state index in [1.54, 1.807) is 10.9 Å². The van der Waals surface area contributed by atoms with Gasteiger partial charge in [0.2, 0.25) is 0 Å². The molecule has 0 radical (unpaired) electrons. The maximum absolute atomic E-state index is 12.7. The number of hydrogen-bond donors (Lipinski definition) is 1. The van der Waals surface area contributed by atoms with Crippen molar-refractivity contribution in [1.82, 2.24) is 14.7 Å². The molecule has 4 nitrogen and oxygen atoms in total. The summed E-state index contributed by atoms with van der Waals surface area (Å²) in [7, 11) is 1.82. The van der Waals surface area contributed by atoms with Crippen molar-refractivity contribution in [2.24, 2.45) is 18.7 Å². The van der Waals surface area contributed by atoms with Crippen LogP contribution in [-0.4, -0.2) is 40.0 Å². The average Bonchev–Trinajstić information content (AvgIpc) is 2.75. The normalized spacial score (nSPS) is 21.9. The van der Waals surface area contributed by atoms with Crippen LogP contribution in [0, 0.1) is 5.92 Å². The van der Waals surface area contributed by atoms with Crippen LogP contribution in [0.15, 0.2) is 12.4 Å². The van der Waals surface area contributed by atoms with Gasteiger partial charge in [-0.05, 0) is 32.9 Å². The first-order chi connectivity index (χ1) is 9.29. The number of nitrogens with zero attached hydrogens (tertiary/aromatic N) is 3. The Kier molecular flexibility index (Phi) is 4.39. The lowest BCUT2D eigenvalue weighted by atomic mass is 9.92. The molecular formula is C13H21F3N4. The van der Waals surface area contributed by atoms with Crippen molar-refractivity contribution in [3.8, 4) is 0 Å². The monoisotopic (exact) mass is 290 g/mol. The molecule has 0 aliphatic carbocycles. The van der Waals surface area contributed by atoms with E-state index in [1.165, 1.54) is 0 Å². The molecule has 1 aliphatic heterocycles. The summed E-state index contributed by atoms with van der Waals surface area (Å²) in [6.45, 7) is 2.73. The molecule has 1 saturated heterocycles. The first kappa shape index (κ1) is 15.3. The summed E-state index contributed by atoms with van der Waals surface area (Å²) in [6.07, 6.45) is -0.169. The van der Waals surface area contributed by atoms with Crippen molar-refractivity contribution < 1.29 is 13.2 Å². The number of alkyl halides is 3. The van der Waals surface area contributed by atoms with E-state index >= 15 is 0 Å². The van der Waals surface area contributed by atoms with E-state index in [-0.39, 0.29) is 24.9 Å². The second kappa shape index (κ2) is 5.73. The van der Waals surface area contributed by atoms with Gasteiger partial charge in [0.1, 0.15) is 0 Å².